The summed E-state index contributed by atoms with van der Waals surface area (Å²) in [6, 6.07) is 12.3. The molecule has 0 saturated carbocycles. The molecule has 0 aliphatic heterocycles. The molecule has 0 amide bonds. The predicted molar refractivity (Wildman–Crippen MR) is 107 cm³/mol. The number of carbonyl (C=O) groups excluding carboxylic acids is 4. The van der Waals surface area contributed by atoms with Crippen LogP contribution in [0.3, 0.4) is 0 Å². The second-order valence-electron chi connectivity index (χ2n) is 6.73. The summed E-state index contributed by atoms with van der Waals surface area (Å²) in [5.74, 6) is -1.15. The van der Waals surface area contributed by atoms with E-state index in [2.05, 4.69) is 0 Å². The lowest BCUT2D eigenvalue weighted by molar-refractivity contribution is -0.161. The lowest BCUT2D eigenvalue weighted by Crippen LogP contribution is -2.43. The molecule has 0 unspecified atom stereocenters. The summed E-state index contributed by atoms with van der Waals surface area (Å²) in [6.45, 7) is 6.31. The first-order valence-electron chi connectivity index (χ1n) is 9.40. The molecule has 0 atom stereocenters. The number of esters is 2. The lowest BCUT2D eigenvalue weighted by atomic mass is 9.82. The third kappa shape index (κ3) is 4.96. The van der Waals surface area contributed by atoms with E-state index >= 15 is 0 Å². The zero-order valence-corrected chi connectivity index (χ0v) is 17.0. The first-order chi connectivity index (χ1) is 13.7. The standard InChI is InChI=1S/C23H24O6/c1-5-23(6-2,21(26)28-19-11-7-17(8-12-19)15(3)24)22(27)29-20-13-9-18(10-14-20)16(4)25/h7-14H,5-6H2,1-4H3. The number of Topliss-reactive ketones (excluding diaryl/α,β-unsaturated/α-hetero) is 2. The minimum atomic E-state index is -1.47. The highest BCUT2D eigenvalue weighted by Gasteiger charge is 2.46. The summed E-state index contributed by atoms with van der Waals surface area (Å²) < 4.78 is 10.8. The summed E-state index contributed by atoms with van der Waals surface area (Å²) in [6.07, 6.45) is 0.385. The maximum Gasteiger partial charge on any atom is 0.328 e. The van der Waals surface area contributed by atoms with Crippen molar-refractivity contribution >= 4 is 23.5 Å². The normalized spacial score (nSPS) is 10.9. The van der Waals surface area contributed by atoms with Gasteiger partial charge in [-0.1, -0.05) is 13.8 Å². The molecule has 2 aromatic rings. The number of rotatable bonds is 8. The van der Waals surface area contributed by atoms with Crippen LogP contribution in [0.15, 0.2) is 48.5 Å². The topological polar surface area (TPSA) is 86.7 Å². The Kier molecular flexibility index (Phi) is 7.04. The van der Waals surface area contributed by atoms with Gasteiger partial charge in [-0.3, -0.25) is 19.2 Å². The van der Waals surface area contributed by atoms with Crippen molar-refractivity contribution in [2.75, 3.05) is 0 Å². The van der Waals surface area contributed by atoms with E-state index in [1.807, 2.05) is 0 Å². The SMILES string of the molecule is CCC(CC)(C(=O)Oc1ccc(C(C)=O)cc1)C(=O)Oc1ccc(C(C)=O)cc1. The van der Waals surface area contributed by atoms with Crippen LogP contribution in [0.2, 0.25) is 0 Å². The van der Waals surface area contributed by atoms with E-state index in [9.17, 15) is 19.2 Å². The molecule has 0 bridgehead atoms. The van der Waals surface area contributed by atoms with Crippen LogP contribution < -0.4 is 9.47 Å². The highest BCUT2D eigenvalue weighted by atomic mass is 16.6. The van der Waals surface area contributed by atoms with Crippen LogP contribution in [0.25, 0.3) is 0 Å². The van der Waals surface area contributed by atoms with Crippen molar-refractivity contribution < 1.29 is 28.7 Å². The van der Waals surface area contributed by atoms with Crippen LogP contribution in [0.5, 0.6) is 11.5 Å². The predicted octanol–water partition coefficient (Wildman–Crippen LogP) is 4.41. The molecule has 0 aromatic heterocycles. The van der Waals surface area contributed by atoms with Crippen molar-refractivity contribution in [3.8, 4) is 11.5 Å². The number of hydrogen-bond donors (Lipinski definition) is 0. The minimum absolute atomic E-state index is 0.0984. The quantitative estimate of drug-likeness (QED) is 0.284. The maximum atomic E-state index is 12.9. The highest BCUT2D eigenvalue weighted by Crippen LogP contribution is 2.32. The molecule has 6 nitrogen and oxygen atoms in total. The molecule has 2 rings (SSSR count). The van der Waals surface area contributed by atoms with Gasteiger partial charge in [0.05, 0.1) is 0 Å². The average Bonchev–Trinajstić information content (AvgIpc) is 2.70. The van der Waals surface area contributed by atoms with E-state index in [0.29, 0.717) is 11.1 Å². The minimum Gasteiger partial charge on any atom is -0.426 e. The van der Waals surface area contributed by atoms with E-state index in [-0.39, 0.29) is 35.9 Å². The van der Waals surface area contributed by atoms with E-state index in [1.165, 1.54) is 38.1 Å². The molecule has 0 aliphatic carbocycles. The number of ether oxygens (including phenoxy) is 2. The molecule has 0 spiro atoms. The molecular formula is C23H24O6. The largest absolute Gasteiger partial charge is 0.426 e. The van der Waals surface area contributed by atoms with E-state index in [1.54, 1.807) is 38.1 Å². The third-order valence-electron chi connectivity index (χ3n) is 4.93. The molecule has 6 heteroatoms. The van der Waals surface area contributed by atoms with E-state index in [0.717, 1.165) is 0 Å². The van der Waals surface area contributed by atoms with Gasteiger partial charge in [0.15, 0.2) is 17.0 Å². The molecule has 152 valence electrons. The van der Waals surface area contributed by atoms with Crippen molar-refractivity contribution in [2.45, 2.75) is 40.5 Å². The van der Waals surface area contributed by atoms with Gasteiger partial charge in [-0.25, -0.2) is 0 Å². The molecular weight excluding hydrogens is 372 g/mol. The van der Waals surface area contributed by atoms with Gasteiger partial charge in [0.25, 0.3) is 0 Å². The second kappa shape index (κ2) is 9.28. The molecule has 29 heavy (non-hydrogen) atoms. The number of ketones is 2. The summed E-state index contributed by atoms with van der Waals surface area (Å²) in [7, 11) is 0. The van der Waals surface area contributed by atoms with Gasteiger partial charge < -0.3 is 9.47 Å². The van der Waals surface area contributed by atoms with E-state index in [4.69, 9.17) is 9.47 Å². The Labute approximate surface area is 169 Å². The van der Waals surface area contributed by atoms with Gasteiger partial charge in [-0.2, -0.15) is 0 Å². The van der Waals surface area contributed by atoms with Crippen molar-refractivity contribution in [1.82, 2.24) is 0 Å². The third-order valence-corrected chi connectivity index (χ3v) is 4.93. The highest BCUT2D eigenvalue weighted by molar-refractivity contribution is 6.01. The molecule has 2 aromatic carbocycles. The van der Waals surface area contributed by atoms with Gasteiger partial charge in [-0.15, -0.1) is 0 Å². The van der Waals surface area contributed by atoms with Crippen LogP contribution in [0.1, 0.15) is 61.3 Å². The number of benzene rings is 2. The maximum absolute atomic E-state index is 12.9. The molecule has 0 saturated heterocycles. The monoisotopic (exact) mass is 396 g/mol. The zero-order valence-electron chi connectivity index (χ0n) is 17.0. The van der Waals surface area contributed by atoms with Crippen LogP contribution >= 0.6 is 0 Å². The van der Waals surface area contributed by atoms with Gasteiger partial charge in [0.1, 0.15) is 11.5 Å². The summed E-state index contributed by atoms with van der Waals surface area (Å²) in [5.41, 5.74) is -0.482. The average molecular weight is 396 g/mol. The van der Waals surface area contributed by atoms with Crippen molar-refractivity contribution in [2.24, 2.45) is 5.41 Å². The van der Waals surface area contributed by atoms with E-state index < -0.39 is 17.4 Å². The van der Waals surface area contributed by atoms with Gasteiger partial charge in [-0.05, 0) is 75.2 Å². The fourth-order valence-electron chi connectivity index (χ4n) is 2.84. The Morgan fingerprint density at radius 3 is 1.21 bits per heavy atom. The van der Waals surface area contributed by atoms with Crippen LogP contribution in [0.4, 0.5) is 0 Å². The van der Waals surface area contributed by atoms with Crippen molar-refractivity contribution in [1.29, 1.82) is 0 Å². The van der Waals surface area contributed by atoms with Gasteiger partial charge in [0.2, 0.25) is 0 Å². The Balaban J connectivity index is 2.19. The Hall–Kier alpha value is -3.28. The Bertz CT molecular complexity index is 832. The molecule has 0 N–H and O–H groups in total. The van der Waals surface area contributed by atoms with Gasteiger partial charge >= 0.3 is 11.9 Å². The smallest absolute Gasteiger partial charge is 0.328 e. The first kappa shape index (κ1) is 22.0. The Morgan fingerprint density at radius 2 is 0.966 bits per heavy atom. The fraction of sp³-hybridized carbons (Fsp3) is 0.304. The zero-order chi connectivity index (χ0) is 21.6. The first-order valence-corrected chi connectivity index (χ1v) is 9.40. The molecule has 0 heterocycles. The van der Waals surface area contributed by atoms with Crippen LogP contribution in [-0.4, -0.2) is 23.5 Å². The number of hydrogen-bond acceptors (Lipinski definition) is 6. The van der Waals surface area contributed by atoms with Gasteiger partial charge in [0, 0.05) is 11.1 Å². The fourth-order valence-corrected chi connectivity index (χ4v) is 2.84. The summed E-state index contributed by atoms with van der Waals surface area (Å²) in [5, 5.41) is 0. The molecule has 0 radical (unpaired) electrons. The lowest BCUT2D eigenvalue weighted by Gasteiger charge is -2.26. The van der Waals surface area contributed by atoms with Crippen molar-refractivity contribution in [3.63, 3.8) is 0 Å². The summed E-state index contributed by atoms with van der Waals surface area (Å²) in [4.78, 5) is 48.4. The Morgan fingerprint density at radius 1 is 0.655 bits per heavy atom. The second-order valence-corrected chi connectivity index (χ2v) is 6.73. The number of carbonyl (C=O) groups is 4. The van der Waals surface area contributed by atoms with Crippen molar-refractivity contribution in [3.05, 3.63) is 59.7 Å². The molecule has 0 aliphatic rings. The van der Waals surface area contributed by atoms with Crippen LogP contribution in [0, 0.1) is 5.41 Å². The summed E-state index contributed by atoms with van der Waals surface area (Å²) >= 11 is 0. The molecule has 0 fully saturated rings. The van der Waals surface area contributed by atoms with Crippen LogP contribution in [-0.2, 0) is 9.59 Å².